The van der Waals surface area contributed by atoms with Gasteiger partial charge < -0.3 is 10.1 Å². The smallest absolute Gasteiger partial charge is 0.0465 e. The van der Waals surface area contributed by atoms with E-state index in [0.717, 1.165) is 17.5 Å². The molecule has 1 N–H and O–H groups in total. The molecule has 16 heavy (non-hydrogen) atoms. The molecule has 2 unspecified atom stereocenters. The lowest BCUT2D eigenvalue weighted by atomic mass is 9.92. The largest absolute Gasteiger partial charge is 0.385 e. The third kappa shape index (κ3) is 3.89. The Labute approximate surface area is 107 Å². The predicted octanol–water partition coefficient (Wildman–Crippen LogP) is 3.38. The summed E-state index contributed by atoms with van der Waals surface area (Å²) in [7, 11) is 3.76. The van der Waals surface area contributed by atoms with E-state index in [2.05, 4.69) is 52.4 Å². The minimum Gasteiger partial charge on any atom is -0.385 e. The third-order valence-corrected chi connectivity index (χ3v) is 3.36. The molecule has 2 atom stereocenters. The minimum atomic E-state index is 0.382. The van der Waals surface area contributed by atoms with Crippen molar-refractivity contribution in [1.29, 1.82) is 0 Å². The fourth-order valence-electron chi connectivity index (χ4n) is 1.95. The second-order valence-corrected chi connectivity index (χ2v) is 5.00. The fraction of sp³-hybridized carbons (Fsp3) is 0.538. The molecule has 0 heterocycles. The van der Waals surface area contributed by atoms with Gasteiger partial charge in [0.1, 0.15) is 0 Å². The molecule has 0 aliphatic carbocycles. The van der Waals surface area contributed by atoms with Crippen molar-refractivity contribution in [3.05, 3.63) is 34.3 Å². The summed E-state index contributed by atoms with van der Waals surface area (Å²) in [5, 5.41) is 3.38. The minimum absolute atomic E-state index is 0.382. The van der Waals surface area contributed by atoms with E-state index in [1.807, 2.05) is 7.05 Å². The van der Waals surface area contributed by atoms with E-state index in [9.17, 15) is 0 Å². The molecule has 0 aromatic heterocycles. The predicted molar refractivity (Wildman–Crippen MR) is 71.6 cm³/mol. The average Bonchev–Trinajstić information content (AvgIpc) is 2.27. The summed E-state index contributed by atoms with van der Waals surface area (Å²) < 4.78 is 6.26. The zero-order chi connectivity index (χ0) is 12.0. The maximum absolute atomic E-state index is 5.13. The topological polar surface area (TPSA) is 21.3 Å². The van der Waals surface area contributed by atoms with Crippen LogP contribution >= 0.6 is 15.9 Å². The number of methoxy groups -OCH3 is 1. The average molecular weight is 286 g/mol. The van der Waals surface area contributed by atoms with Crippen LogP contribution in [-0.4, -0.2) is 20.8 Å². The summed E-state index contributed by atoms with van der Waals surface area (Å²) in [5.74, 6) is 0.555. The molecule has 0 saturated carbocycles. The van der Waals surface area contributed by atoms with Crippen LogP contribution < -0.4 is 5.32 Å². The lowest BCUT2D eigenvalue weighted by molar-refractivity contribution is 0.171. The van der Waals surface area contributed by atoms with Crippen molar-refractivity contribution in [3.8, 4) is 0 Å². The van der Waals surface area contributed by atoms with Crippen molar-refractivity contribution in [2.75, 3.05) is 20.8 Å². The van der Waals surface area contributed by atoms with Crippen molar-refractivity contribution in [3.63, 3.8) is 0 Å². The highest BCUT2D eigenvalue weighted by Crippen LogP contribution is 2.26. The molecule has 0 bridgehead atoms. The lowest BCUT2D eigenvalue weighted by Crippen LogP contribution is -2.24. The van der Waals surface area contributed by atoms with Crippen LogP contribution in [0.15, 0.2) is 28.7 Å². The number of hydrogen-bond acceptors (Lipinski definition) is 2. The van der Waals surface area contributed by atoms with Gasteiger partial charge >= 0.3 is 0 Å². The molecule has 0 spiro atoms. The number of nitrogens with one attached hydrogen (secondary N) is 1. The van der Waals surface area contributed by atoms with Gasteiger partial charge in [-0.05, 0) is 37.1 Å². The highest BCUT2D eigenvalue weighted by molar-refractivity contribution is 9.10. The summed E-state index contributed by atoms with van der Waals surface area (Å²) in [6.07, 6.45) is 1.06. The summed E-state index contributed by atoms with van der Waals surface area (Å²) in [5.41, 5.74) is 1.32. The monoisotopic (exact) mass is 285 g/mol. The van der Waals surface area contributed by atoms with Gasteiger partial charge in [-0.2, -0.15) is 0 Å². The summed E-state index contributed by atoms with van der Waals surface area (Å²) >= 11 is 3.51. The molecule has 0 radical (unpaired) electrons. The van der Waals surface area contributed by atoms with Crippen LogP contribution in [0, 0.1) is 5.92 Å². The zero-order valence-corrected chi connectivity index (χ0v) is 11.8. The molecular weight excluding hydrogens is 266 g/mol. The molecule has 1 aromatic carbocycles. The molecule has 0 fully saturated rings. The normalized spacial score (nSPS) is 14.8. The molecule has 0 saturated heterocycles. The first-order valence-corrected chi connectivity index (χ1v) is 6.40. The van der Waals surface area contributed by atoms with Gasteiger partial charge in [0.15, 0.2) is 0 Å². The van der Waals surface area contributed by atoms with E-state index in [1.54, 1.807) is 7.11 Å². The van der Waals surface area contributed by atoms with Gasteiger partial charge in [-0.3, -0.25) is 0 Å². The van der Waals surface area contributed by atoms with Crippen molar-refractivity contribution in [1.82, 2.24) is 5.32 Å². The van der Waals surface area contributed by atoms with Gasteiger partial charge in [0.2, 0.25) is 0 Å². The molecule has 0 amide bonds. The quantitative estimate of drug-likeness (QED) is 0.865. The van der Waals surface area contributed by atoms with Crippen LogP contribution in [0.4, 0.5) is 0 Å². The molecule has 90 valence electrons. The Kier molecular flexibility index (Phi) is 6.03. The Morgan fingerprint density at radius 2 is 2.19 bits per heavy atom. The van der Waals surface area contributed by atoms with E-state index in [-0.39, 0.29) is 0 Å². The van der Waals surface area contributed by atoms with Gasteiger partial charge in [-0.15, -0.1) is 0 Å². The molecule has 1 aromatic rings. The third-order valence-electron chi connectivity index (χ3n) is 2.87. The second kappa shape index (κ2) is 7.05. The summed E-state index contributed by atoms with van der Waals surface area (Å²) in [6, 6.07) is 8.84. The van der Waals surface area contributed by atoms with Crippen LogP contribution in [0.25, 0.3) is 0 Å². The maximum Gasteiger partial charge on any atom is 0.0465 e. The number of rotatable bonds is 6. The van der Waals surface area contributed by atoms with Crippen LogP contribution in [0.1, 0.15) is 24.9 Å². The number of ether oxygens (including phenoxy) is 1. The van der Waals surface area contributed by atoms with Crippen LogP contribution in [-0.2, 0) is 4.74 Å². The van der Waals surface area contributed by atoms with Crippen molar-refractivity contribution >= 4 is 15.9 Å². The molecule has 2 nitrogen and oxygen atoms in total. The van der Waals surface area contributed by atoms with Gasteiger partial charge in [-0.1, -0.05) is 35.0 Å². The van der Waals surface area contributed by atoms with Crippen molar-refractivity contribution < 1.29 is 4.74 Å². The molecule has 0 aliphatic heterocycles. The molecular formula is C13H20BrNO. The molecule has 0 aliphatic rings. The Hall–Kier alpha value is -0.380. The Bertz CT molecular complexity index is 317. The Balaban J connectivity index is 2.73. The highest BCUT2D eigenvalue weighted by atomic mass is 79.9. The first kappa shape index (κ1) is 13.7. The first-order chi connectivity index (χ1) is 7.69. The Morgan fingerprint density at radius 3 is 2.75 bits per heavy atom. The van der Waals surface area contributed by atoms with E-state index in [4.69, 9.17) is 4.74 Å². The van der Waals surface area contributed by atoms with Gasteiger partial charge in [0, 0.05) is 24.2 Å². The number of benzene rings is 1. The van der Waals surface area contributed by atoms with E-state index in [0.29, 0.717) is 12.0 Å². The van der Waals surface area contributed by atoms with E-state index < -0.39 is 0 Å². The standard InChI is InChI=1S/C13H20BrNO/c1-10(7-8-16-3)13(15-2)11-5-4-6-12(14)9-11/h4-6,9-10,13,15H,7-8H2,1-3H3. The fourth-order valence-corrected chi connectivity index (χ4v) is 2.37. The SMILES string of the molecule is CNC(c1cccc(Br)c1)C(C)CCOC. The lowest BCUT2D eigenvalue weighted by Gasteiger charge is -2.24. The van der Waals surface area contributed by atoms with E-state index >= 15 is 0 Å². The van der Waals surface area contributed by atoms with Crippen molar-refractivity contribution in [2.24, 2.45) is 5.92 Å². The zero-order valence-electron chi connectivity index (χ0n) is 10.2. The Morgan fingerprint density at radius 1 is 1.44 bits per heavy atom. The van der Waals surface area contributed by atoms with Crippen LogP contribution in [0.2, 0.25) is 0 Å². The molecule has 1 rings (SSSR count). The first-order valence-electron chi connectivity index (χ1n) is 5.60. The second-order valence-electron chi connectivity index (χ2n) is 4.08. The van der Waals surface area contributed by atoms with E-state index in [1.165, 1.54) is 5.56 Å². The number of hydrogen-bond donors (Lipinski definition) is 1. The van der Waals surface area contributed by atoms with Gasteiger partial charge in [-0.25, -0.2) is 0 Å². The van der Waals surface area contributed by atoms with Gasteiger partial charge in [0.05, 0.1) is 0 Å². The summed E-state index contributed by atoms with van der Waals surface area (Å²) in [6.45, 7) is 3.06. The number of halogens is 1. The van der Waals surface area contributed by atoms with Crippen LogP contribution in [0.3, 0.4) is 0 Å². The van der Waals surface area contributed by atoms with Crippen molar-refractivity contribution in [2.45, 2.75) is 19.4 Å². The molecule has 3 heteroatoms. The summed E-state index contributed by atoms with van der Waals surface area (Å²) in [4.78, 5) is 0. The maximum atomic E-state index is 5.13. The van der Waals surface area contributed by atoms with Gasteiger partial charge in [0.25, 0.3) is 0 Å². The van der Waals surface area contributed by atoms with Crippen LogP contribution in [0.5, 0.6) is 0 Å². The highest BCUT2D eigenvalue weighted by Gasteiger charge is 2.17.